The van der Waals surface area contributed by atoms with Crippen molar-refractivity contribution in [3.63, 3.8) is 0 Å². The van der Waals surface area contributed by atoms with Crippen molar-refractivity contribution < 1.29 is 18.9 Å². The minimum absolute atomic E-state index is 0.00119. The third-order valence-corrected chi connectivity index (χ3v) is 4.90. The first-order valence-corrected chi connectivity index (χ1v) is 10.3. The Morgan fingerprint density at radius 2 is 1.65 bits per heavy atom. The van der Waals surface area contributed by atoms with Gasteiger partial charge in [-0.1, -0.05) is 6.07 Å². The monoisotopic (exact) mass is 427 g/mol. The van der Waals surface area contributed by atoms with E-state index in [4.69, 9.17) is 18.9 Å². The van der Waals surface area contributed by atoms with Crippen LogP contribution in [0, 0.1) is 0 Å². The Hall–Kier alpha value is -3.26. The van der Waals surface area contributed by atoms with E-state index in [1.54, 1.807) is 19.2 Å². The fourth-order valence-electron chi connectivity index (χ4n) is 3.30. The summed E-state index contributed by atoms with van der Waals surface area (Å²) in [6.07, 6.45) is 0. The van der Waals surface area contributed by atoms with Crippen LogP contribution in [0.15, 0.2) is 35.1 Å². The van der Waals surface area contributed by atoms with Crippen molar-refractivity contribution in [1.29, 1.82) is 0 Å². The van der Waals surface area contributed by atoms with E-state index in [1.165, 1.54) is 7.11 Å². The zero-order valence-corrected chi connectivity index (χ0v) is 18.6. The number of aromatic nitrogens is 2. The molecule has 0 saturated heterocycles. The van der Waals surface area contributed by atoms with Gasteiger partial charge in [-0.3, -0.25) is 4.79 Å². The highest BCUT2D eigenvalue weighted by Gasteiger charge is 2.13. The van der Waals surface area contributed by atoms with Crippen LogP contribution >= 0.6 is 0 Å². The predicted octanol–water partition coefficient (Wildman–Crippen LogP) is 3.59. The van der Waals surface area contributed by atoms with Gasteiger partial charge in [0, 0.05) is 12.1 Å². The Kier molecular flexibility index (Phi) is 7.36. The second kappa shape index (κ2) is 10.2. The van der Waals surface area contributed by atoms with Gasteiger partial charge in [-0.2, -0.15) is 0 Å². The summed E-state index contributed by atoms with van der Waals surface area (Å²) in [5, 5.41) is 3.84. The molecule has 1 unspecified atom stereocenters. The number of aromatic amines is 1. The van der Waals surface area contributed by atoms with Crippen LogP contribution in [0.3, 0.4) is 0 Å². The Morgan fingerprint density at radius 1 is 0.968 bits per heavy atom. The van der Waals surface area contributed by atoms with Crippen LogP contribution in [-0.2, 0) is 6.54 Å². The third kappa shape index (κ3) is 5.08. The van der Waals surface area contributed by atoms with E-state index in [0.29, 0.717) is 53.7 Å². The smallest absolute Gasteiger partial charge is 0.258 e. The molecule has 0 amide bonds. The molecular weight excluding hydrogens is 398 g/mol. The maximum absolute atomic E-state index is 12.5. The molecule has 0 bridgehead atoms. The van der Waals surface area contributed by atoms with E-state index < -0.39 is 0 Å². The highest BCUT2D eigenvalue weighted by atomic mass is 16.5. The first kappa shape index (κ1) is 22.4. The molecule has 2 N–H and O–H groups in total. The number of H-pyrrole nitrogens is 1. The van der Waals surface area contributed by atoms with E-state index in [0.717, 1.165) is 11.3 Å². The molecule has 8 heteroatoms. The lowest BCUT2D eigenvalue weighted by molar-refractivity contribution is 0.287. The Labute approximate surface area is 181 Å². The van der Waals surface area contributed by atoms with Gasteiger partial charge in [-0.25, -0.2) is 4.98 Å². The summed E-state index contributed by atoms with van der Waals surface area (Å²) in [6, 6.07) is 9.23. The predicted molar refractivity (Wildman–Crippen MR) is 120 cm³/mol. The summed E-state index contributed by atoms with van der Waals surface area (Å²) in [4.78, 5) is 20.0. The van der Waals surface area contributed by atoms with Crippen LogP contribution < -0.4 is 29.8 Å². The molecule has 0 aliphatic heterocycles. The summed E-state index contributed by atoms with van der Waals surface area (Å²) in [5.41, 5.74) is 1.36. The number of ether oxygens (including phenoxy) is 4. The third-order valence-electron chi connectivity index (χ3n) is 4.90. The van der Waals surface area contributed by atoms with Crippen LogP contribution in [0.25, 0.3) is 10.9 Å². The van der Waals surface area contributed by atoms with Crippen molar-refractivity contribution in [3.05, 3.63) is 52.1 Å². The fourth-order valence-corrected chi connectivity index (χ4v) is 3.30. The number of benzene rings is 2. The van der Waals surface area contributed by atoms with Gasteiger partial charge < -0.3 is 29.2 Å². The molecule has 3 rings (SSSR count). The van der Waals surface area contributed by atoms with E-state index in [1.807, 2.05) is 39.0 Å². The number of rotatable bonds is 10. The molecule has 1 heterocycles. The summed E-state index contributed by atoms with van der Waals surface area (Å²) in [5.74, 6) is 2.99. The van der Waals surface area contributed by atoms with Crippen molar-refractivity contribution >= 4 is 10.9 Å². The highest BCUT2D eigenvalue weighted by Crippen LogP contribution is 2.31. The van der Waals surface area contributed by atoms with Crippen molar-refractivity contribution in [2.24, 2.45) is 0 Å². The van der Waals surface area contributed by atoms with E-state index in [2.05, 4.69) is 15.3 Å². The molecular formula is C23H29N3O5. The molecule has 0 spiro atoms. The summed E-state index contributed by atoms with van der Waals surface area (Å²) in [7, 11) is 3.08. The molecule has 0 aliphatic carbocycles. The van der Waals surface area contributed by atoms with Gasteiger partial charge in [0.25, 0.3) is 5.56 Å². The molecule has 0 saturated carbocycles. The number of methoxy groups -OCH3 is 2. The van der Waals surface area contributed by atoms with Gasteiger partial charge in [0.05, 0.1) is 44.9 Å². The number of hydrogen-bond acceptors (Lipinski definition) is 7. The zero-order chi connectivity index (χ0) is 22.4. The number of nitrogens with one attached hydrogen (secondary N) is 2. The van der Waals surface area contributed by atoms with Crippen molar-refractivity contribution in [2.45, 2.75) is 33.4 Å². The molecule has 8 nitrogen and oxygen atoms in total. The van der Waals surface area contributed by atoms with Gasteiger partial charge >= 0.3 is 0 Å². The first-order chi connectivity index (χ1) is 15.0. The Balaban J connectivity index is 1.80. The second-order valence-corrected chi connectivity index (χ2v) is 6.91. The first-order valence-electron chi connectivity index (χ1n) is 10.3. The average molecular weight is 428 g/mol. The summed E-state index contributed by atoms with van der Waals surface area (Å²) in [6.45, 7) is 7.44. The lowest BCUT2D eigenvalue weighted by Gasteiger charge is -2.17. The molecule has 1 atom stereocenters. The largest absolute Gasteiger partial charge is 0.493 e. The second-order valence-electron chi connectivity index (χ2n) is 6.91. The van der Waals surface area contributed by atoms with Crippen LogP contribution in [-0.4, -0.2) is 37.4 Å². The fraction of sp³-hybridized carbons (Fsp3) is 0.391. The molecule has 0 fully saturated rings. The molecule has 1 aromatic heterocycles. The number of fused-ring (bicyclic) bond motifs is 1. The molecule has 166 valence electrons. The Bertz CT molecular complexity index is 1100. The average Bonchev–Trinajstić information content (AvgIpc) is 2.78. The highest BCUT2D eigenvalue weighted by molar-refractivity contribution is 5.81. The van der Waals surface area contributed by atoms with Gasteiger partial charge in [-0.05, 0) is 44.5 Å². The zero-order valence-electron chi connectivity index (χ0n) is 18.6. The minimum atomic E-state index is -0.227. The van der Waals surface area contributed by atoms with E-state index >= 15 is 0 Å². The lowest BCUT2D eigenvalue weighted by atomic mass is 10.1. The van der Waals surface area contributed by atoms with Crippen molar-refractivity contribution in [2.75, 3.05) is 27.4 Å². The molecule has 0 radical (unpaired) electrons. The van der Waals surface area contributed by atoms with Gasteiger partial charge in [0.1, 0.15) is 5.82 Å². The van der Waals surface area contributed by atoms with Gasteiger partial charge in [0.2, 0.25) is 0 Å². The maximum Gasteiger partial charge on any atom is 0.258 e. The van der Waals surface area contributed by atoms with Crippen molar-refractivity contribution in [1.82, 2.24) is 15.3 Å². The topological polar surface area (TPSA) is 94.7 Å². The SMILES string of the molecule is CCOc1ccc(C(C)NCc2nc3cc(OC)c(OC)cc3c(=O)[nH]2)cc1OCC. The van der Waals surface area contributed by atoms with Gasteiger partial charge in [0.15, 0.2) is 23.0 Å². The lowest BCUT2D eigenvalue weighted by Crippen LogP contribution is -2.22. The molecule has 2 aromatic carbocycles. The van der Waals surface area contributed by atoms with Gasteiger partial charge in [-0.15, -0.1) is 0 Å². The summed E-state index contributed by atoms with van der Waals surface area (Å²) >= 11 is 0. The summed E-state index contributed by atoms with van der Waals surface area (Å²) < 4.78 is 21.9. The standard InChI is InChI=1S/C23H29N3O5/c1-6-30-18-9-8-15(10-21(18)31-7-2)14(3)24-13-22-25-17-12-20(29-5)19(28-4)11-16(17)23(27)26-22/h8-12,14,24H,6-7,13H2,1-5H3,(H,25,26,27). The molecule has 31 heavy (non-hydrogen) atoms. The van der Waals surface area contributed by atoms with Crippen LogP contribution in [0.4, 0.5) is 0 Å². The number of hydrogen-bond donors (Lipinski definition) is 2. The van der Waals surface area contributed by atoms with Crippen LogP contribution in [0.2, 0.25) is 0 Å². The van der Waals surface area contributed by atoms with Crippen LogP contribution in [0.1, 0.15) is 38.2 Å². The molecule has 3 aromatic rings. The number of nitrogens with zero attached hydrogens (tertiary/aromatic N) is 1. The van der Waals surface area contributed by atoms with E-state index in [-0.39, 0.29) is 11.6 Å². The minimum Gasteiger partial charge on any atom is -0.493 e. The maximum atomic E-state index is 12.5. The molecule has 0 aliphatic rings. The van der Waals surface area contributed by atoms with Crippen LogP contribution in [0.5, 0.6) is 23.0 Å². The quantitative estimate of drug-likeness (QED) is 0.511. The normalized spacial score (nSPS) is 11.9. The van der Waals surface area contributed by atoms with Crippen molar-refractivity contribution in [3.8, 4) is 23.0 Å². The van der Waals surface area contributed by atoms with E-state index in [9.17, 15) is 4.79 Å². The Morgan fingerprint density at radius 3 is 2.32 bits per heavy atom.